The molecule has 0 amide bonds. The van der Waals surface area contributed by atoms with Gasteiger partial charge in [-0.25, -0.2) is 8.78 Å². The molecule has 0 atom stereocenters. The lowest BCUT2D eigenvalue weighted by molar-refractivity contribution is 0.157. The summed E-state index contributed by atoms with van der Waals surface area (Å²) in [4.78, 5) is 0. The summed E-state index contributed by atoms with van der Waals surface area (Å²) in [5.41, 5.74) is 0.516. The van der Waals surface area contributed by atoms with Crippen LogP contribution in [0.25, 0.3) is 6.08 Å². The van der Waals surface area contributed by atoms with Gasteiger partial charge in [-0.05, 0) is 24.1 Å². The number of hydrogen-bond acceptors (Lipinski definition) is 1. The molecule has 0 N–H and O–H groups in total. The number of halogens is 2. The van der Waals surface area contributed by atoms with E-state index in [1.165, 1.54) is 31.4 Å². The summed E-state index contributed by atoms with van der Waals surface area (Å²) in [7, 11) is 0. The highest BCUT2D eigenvalue weighted by Crippen LogP contribution is 2.09. The fourth-order valence-electron chi connectivity index (χ4n) is 1.64. The maximum atomic E-state index is 12.9. The van der Waals surface area contributed by atoms with E-state index in [-0.39, 0.29) is 0 Å². The van der Waals surface area contributed by atoms with Gasteiger partial charge in [-0.1, -0.05) is 38.3 Å². The Labute approximate surface area is 107 Å². The molecule has 0 fully saturated rings. The van der Waals surface area contributed by atoms with E-state index in [2.05, 4.69) is 6.92 Å². The molecule has 0 heterocycles. The van der Waals surface area contributed by atoms with Gasteiger partial charge in [0.2, 0.25) is 0 Å². The van der Waals surface area contributed by atoms with Crippen molar-refractivity contribution < 1.29 is 13.5 Å². The van der Waals surface area contributed by atoms with E-state index in [1.54, 1.807) is 12.2 Å². The Morgan fingerprint density at radius 2 is 1.78 bits per heavy atom. The first-order chi connectivity index (χ1) is 8.72. The maximum absolute atomic E-state index is 12.9. The van der Waals surface area contributed by atoms with Crippen molar-refractivity contribution in [1.29, 1.82) is 0 Å². The van der Waals surface area contributed by atoms with Crippen molar-refractivity contribution in [3.05, 3.63) is 41.5 Å². The Morgan fingerprint density at radius 1 is 1.06 bits per heavy atom. The van der Waals surface area contributed by atoms with Crippen LogP contribution in [0.4, 0.5) is 8.78 Å². The molecule has 0 radical (unpaired) electrons. The van der Waals surface area contributed by atoms with E-state index < -0.39 is 11.6 Å². The van der Waals surface area contributed by atoms with Gasteiger partial charge in [0.25, 0.3) is 0 Å². The lowest BCUT2D eigenvalue weighted by atomic mass is 10.2. The summed E-state index contributed by atoms with van der Waals surface area (Å²) >= 11 is 0. The largest absolute Gasteiger partial charge is 0.377 e. The van der Waals surface area contributed by atoms with E-state index in [0.29, 0.717) is 12.2 Å². The van der Waals surface area contributed by atoms with Crippen molar-refractivity contribution >= 4 is 6.08 Å². The second-order valence-electron chi connectivity index (χ2n) is 4.24. The Bertz CT molecular complexity index is 355. The fraction of sp³-hybridized carbons (Fsp3) is 0.467. The van der Waals surface area contributed by atoms with Crippen molar-refractivity contribution in [2.75, 3.05) is 13.2 Å². The van der Waals surface area contributed by atoms with E-state index in [1.807, 2.05) is 0 Å². The smallest absolute Gasteiger partial charge is 0.126 e. The van der Waals surface area contributed by atoms with Crippen molar-refractivity contribution in [1.82, 2.24) is 0 Å². The van der Waals surface area contributed by atoms with Crippen LogP contribution in [-0.2, 0) is 4.74 Å². The van der Waals surface area contributed by atoms with Gasteiger partial charge >= 0.3 is 0 Å². The zero-order valence-electron chi connectivity index (χ0n) is 10.8. The summed E-state index contributed by atoms with van der Waals surface area (Å²) in [6.45, 7) is 3.38. The SMILES string of the molecule is CCCCCCOCC=Cc1cc(F)cc(F)c1. The van der Waals surface area contributed by atoms with Crippen molar-refractivity contribution in [3.63, 3.8) is 0 Å². The normalized spacial score (nSPS) is 11.3. The first-order valence-electron chi connectivity index (χ1n) is 6.42. The predicted octanol–water partition coefficient (Wildman–Crippen LogP) is 4.57. The zero-order chi connectivity index (χ0) is 13.2. The molecule has 100 valence electrons. The van der Waals surface area contributed by atoms with Crippen LogP contribution in [0.5, 0.6) is 0 Å². The number of hydrogen-bond donors (Lipinski definition) is 0. The van der Waals surface area contributed by atoms with E-state index >= 15 is 0 Å². The van der Waals surface area contributed by atoms with E-state index in [9.17, 15) is 8.78 Å². The molecule has 1 nitrogen and oxygen atoms in total. The summed E-state index contributed by atoms with van der Waals surface area (Å²) in [6, 6.07) is 3.45. The second kappa shape index (κ2) is 8.81. The first-order valence-corrected chi connectivity index (χ1v) is 6.42. The van der Waals surface area contributed by atoms with Crippen LogP contribution in [0, 0.1) is 11.6 Å². The van der Waals surface area contributed by atoms with E-state index in [4.69, 9.17) is 4.74 Å². The topological polar surface area (TPSA) is 9.23 Å². The lowest BCUT2D eigenvalue weighted by Crippen LogP contribution is -1.94. The van der Waals surface area contributed by atoms with Crippen LogP contribution in [0.3, 0.4) is 0 Å². The number of rotatable bonds is 8. The number of ether oxygens (including phenoxy) is 1. The van der Waals surface area contributed by atoms with Crippen LogP contribution in [0.1, 0.15) is 38.2 Å². The summed E-state index contributed by atoms with van der Waals surface area (Å²) < 4.78 is 31.1. The molecular weight excluding hydrogens is 234 g/mol. The highest BCUT2D eigenvalue weighted by atomic mass is 19.1. The molecule has 0 bridgehead atoms. The molecule has 0 saturated carbocycles. The third-order valence-corrected chi connectivity index (χ3v) is 2.55. The van der Waals surface area contributed by atoms with Crippen molar-refractivity contribution in [2.45, 2.75) is 32.6 Å². The Balaban J connectivity index is 2.20. The summed E-state index contributed by atoms with van der Waals surface area (Å²) in [5, 5.41) is 0. The molecule has 0 aliphatic carbocycles. The standard InChI is InChI=1S/C15H20F2O/c1-2-3-4-5-8-18-9-6-7-13-10-14(16)12-15(17)11-13/h6-7,10-12H,2-5,8-9H2,1H3. The molecule has 1 aromatic carbocycles. The molecule has 3 heteroatoms. The summed E-state index contributed by atoms with van der Waals surface area (Å²) in [5.74, 6) is -1.12. The van der Waals surface area contributed by atoms with Gasteiger partial charge < -0.3 is 4.74 Å². The van der Waals surface area contributed by atoms with Gasteiger partial charge in [0.15, 0.2) is 0 Å². The second-order valence-corrected chi connectivity index (χ2v) is 4.24. The highest BCUT2D eigenvalue weighted by molar-refractivity contribution is 5.49. The zero-order valence-corrected chi connectivity index (χ0v) is 10.8. The molecule has 18 heavy (non-hydrogen) atoms. The quantitative estimate of drug-likeness (QED) is 0.617. The average Bonchev–Trinajstić information content (AvgIpc) is 2.31. The minimum Gasteiger partial charge on any atom is -0.377 e. The molecule has 0 saturated heterocycles. The van der Waals surface area contributed by atoms with Crippen molar-refractivity contribution in [3.8, 4) is 0 Å². The third-order valence-electron chi connectivity index (χ3n) is 2.55. The third kappa shape index (κ3) is 6.50. The predicted molar refractivity (Wildman–Crippen MR) is 70.4 cm³/mol. The molecular formula is C15H20F2O. The van der Waals surface area contributed by atoms with Gasteiger partial charge in [-0.2, -0.15) is 0 Å². The molecule has 0 aliphatic rings. The Kier molecular flexibility index (Phi) is 7.26. The molecule has 1 aromatic rings. The Morgan fingerprint density at radius 3 is 2.44 bits per heavy atom. The van der Waals surface area contributed by atoms with E-state index in [0.717, 1.165) is 19.1 Å². The first kappa shape index (κ1) is 14.8. The van der Waals surface area contributed by atoms with Gasteiger partial charge in [0.1, 0.15) is 11.6 Å². The van der Waals surface area contributed by atoms with Gasteiger partial charge in [-0.3, -0.25) is 0 Å². The monoisotopic (exact) mass is 254 g/mol. The van der Waals surface area contributed by atoms with Crippen LogP contribution >= 0.6 is 0 Å². The average molecular weight is 254 g/mol. The fourth-order valence-corrected chi connectivity index (χ4v) is 1.64. The highest BCUT2D eigenvalue weighted by Gasteiger charge is 1.96. The number of unbranched alkanes of at least 4 members (excludes halogenated alkanes) is 3. The van der Waals surface area contributed by atoms with Crippen LogP contribution < -0.4 is 0 Å². The molecule has 0 unspecified atom stereocenters. The van der Waals surface area contributed by atoms with Gasteiger partial charge in [0, 0.05) is 12.7 Å². The maximum Gasteiger partial charge on any atom is 0.126 e. The van der Waals surface area contributed by atoms with Crippen molar-refractivity contribution in [2.24, 2.45) is 0 Å². The minimum absolute atomic E-state index is 0.476. The van der Waals surface area contributed by atoms with Crippen LogP contribution in [-0.4, -0.2) is 13.2 Å². The summed E-state index contributed by atoms with van der Waals surface area (Å²) in [6.07, 6.45) is 8.14. The number of benzene rings is 1. The molecule has 1 rings (SSSR count). The minimum atomic E-state index is -0.560. The molecule has 0 aromatic heterocycles. The Hall–Kier alpha value is -1.22. The lowest BCUT2D eigenvalue weighted by Gasteiger charge is -2.00. The molecule has 0 spiro atoms. The van der Waals surface area contributed by atoms with Crippen LogP contribution in [0.2, 0.25) is 0 Å². The van der Waals surface area contributed by atoms with Gasteiger partial charge in [-0.15, -0.1) is 0 Å². The van der Waals surface area contributed by atoms with Gasteiger partial charge in [0.05, 0.1) is 6.61 Å². The molecule has 0 aliphatic heterocycles. The van der Waals surface area contributed by atoms with Crippen LogP contribution in [0.15, 0.2) is 24.3 Å².